The summed E-state index contributed by atoms with van der Waals surface area (Å²) in [5.74, 6) is 0.975. The van der Waals surface area contributed by atoms with Gasteiger partial charge in [-0.15, -0.1) is 0 Å². The minimum atomic E-state index is -0.237. The predicted molar refractivity (Wildman–Crippen MR) is 119 cm³/mol. The number of anilines is 1. The lowest BCUT2D eigenvalue weighted by atomic mass is 10.1. The van der Waals surface area contributed by atoms with Crippen LogP contribution in [0.5, 0.6) is 11.5 Å². The Kier molecular flexibility index (Phi) is 4.75. The lowest BCUT2D eigenvalue weighted by molar-refractivity contribution is -0.122. The van der Waals surface area contributed by atoms with Crippen molar-refractivity contribution in [2.75, 3.05) is 18.2 Å². The fourth-order valence-electron chi connectivity index (χ4n) is 3.85. The Bertz CT molecular complexity index is 1130. The van der Waals surface area contributed by atoms with Crippen LogP contribution in [0.2, 0.25) is 0 Å². The van der Waals surface area contributed by atoms with Crippen LogP contribution in [0.25, 0.3) is 5.57 Å². The highest BCUT2D eigenvalue weighted by Gasteiger charge is 2.41. The molecule has 5 rings (SSSR count). The Morgan fingerprint density at radius 1 is 1.03 bits per heavy atom. The van der Waals surface area contributed by atoms with Crippen LogP contribution in [-0.2, 0) is 16.1 Å². The molecule has 1 saturated heterocycles. The predicted octanol–water partition coefficient (Wildman–Crippen LogP) is 3.94. The third-order valence-corrected chi connectivity index (χ3v) is 6.67. The summed E-state index contributed by atoms with van der Waals surface area (Å²) in [7, 11) is 0. The van der Waals surface area contributed by atoms with Gasteiger partial charge in [-0.05, 0) is 30.2 Å². The van der Waals surface area contributed by atoms with E-state index in [2.05, 4.69) is 0 Å². The normalized spacial score (nSPS) is 19.8. The first-order valence-electron chi connectivity index (χ1n) is 9.66. The van der Waals surface area contributed by atoms with Crippen LogP contribution >= 0.6 is 24.0 Å². The van der Waals surface area contributed by atoms with Gasteiger partial charge in [-0.25, -0.2) is 0 Å². The molecule has 1 fully saturated rings. The van der Waals surface area contributed by atoms with Crippen molar-refractivity contribution >= 4 is 51.4 Å². The van der Waals surface area contributed by atoms with Gasteiger partial charge in [0.15, 0.2) is 11.5 Å². The number of rotatable bonds is 4. The van der Waals surface area contributed by atoms with Crippen LogP contribution in [-0.4, -0.2) is 34.4 Å². The maximum atomic E-state index is 13.3. The molecular formula is C22H18N2O4S2. The second-order valence-corrected chi connectivity index (χ2v) is 8.77. The van der Waals surface area contributed by atoms with Gasteiger partial charge in [0.25, 0.3) is 11.8 Å². The number of hydrogen-bond acceptors (Lipinski definition) is 6. The molecule has 152 valence electrons. The van der Waals surface area contributed by atoms with Crippen LogP contribution in [0.15, 0.2) is 47.4 Å². The van der Waals surface area contributed by atoms with E-state index in [0.717, 1.165) is 23.2 Å². The van der Waals surface area contributed by atoms with Crippen molar-refractivity contribution in [3.05, 3.63) is 58.5 Å². The second-order valence-electron chi connectivity index (χ2n) is 7.12. The van der Waals surface area contributed by atoms with Crippen LogP contribution in [0.3, 0.4) is 0 Å². The SMILES string of the molecule is CCCN1C(=O)C(=C2SC(=S)N(Cc3ccc4c(c3)OCO4)C2=O)c2ccccc21. The largest absolute Gasteiger partial charge is 0.454 e. The number of amides is 2. The van der Waals surface area contributed by atoms with E-state index in [1.54, 1.807) is 4.90 Å². The average Bonchev–Trinajstić information content (AvgIpc) is 3.40. The summed E-state index contributed by atoms with van der Waals surface area (Å²) in [5, 5.41) is 0. The van der Waals surface area contributed by atoms with E-state index in [1.165, 1.54) is 16.7 Å². The Morgan fingerprint density at radius 3 is 2.67 bits per heavy atom. The first-order valence-corrected chi connectivity index (χ1v) is 10.9. The molecular weight excluding hydrogens is 420 g/mol. The summed E-state index contributed by atoms with van der Waals surface area (Å²) in [4.78, 5) is 30.2. The molecule has 0 aromatic heterocycles. The smallest absolute Gasteiger partial charge is 0.267 e. The molecule has 0 atom stereocenters. The number of fused-ring (bicyclic) bond motifs is 2. The van der Waals surface area contributed by atoms with Gasteiger partial charge in [-0.2, -0.15) is 0 Å². The van der Waals surface area contributed by atoms with Crippen molar-refractivity contribution in [2.24, 2.45) is 0 Å². The van der Waals surface area contributed by atoms with Gasteiger partial charge >= 0.3 is 0 Å². The molecule has 0 saturated carbocycles. The third kappa shape index (κ3) is 2.98. The number of benzene rings is 2. The van der Waals surface area contributed by atoms with Crippen LogP contribution in [0.4, 0.5) is 5.69 Å². The van der Waals surface area contributed by atoms with Gasteiger partial charge < -0.3 is 14.4 Å². The minimum Gasteiger partial charge on any atom is -0.454 e. The number of carbonyl (C=O) groups is 2. The zero-order valence-corrected chi connectivity index (χ0v) is 17.8. The van der Waals surface area contributed by atoms with E-state index in [9.17, 15) is 9.59 Å². The van der Waals surface area contributed by atoms with Gasteiger partial charge in [-0.3, -0.25) is 14.5 Å². The van der Waals surface area contributed by atoms with Gasteiger partial charge in [0.2, 0.25) is 6.79 Å². The quantitative estimate of drug-likeness (QED) is 0.532. The summed E-state index contributed by atoms with van der Waals surface area (Å²) >= 11 is 6.69. The first-order chi connectivity index (χ1) is 14.6. The summed E-state index contributed by atoms with van der Waals surface area (Å²) in [5.41, 5.74) is 2.97. The molecule has 2 amide bonds. The van der Waals surface area contributed by atoms with Crippen molar-refractivity contribution in [1.29, 1.82) is 0 Å². The number of thiocarbonyl (C=S) groups is 1. The van der Waals surface area contributed by atoms with Gasteiger partial charge in [0.1, 0.15) is 4.32 Å². The fraction of sp³-hybridized carbons (Fsp3) is 0.227. The molecule has 3 aliphatic heterocycles. The van der Waals surface area contributed by atoms with Gasteiger partial charge in [-0.1, -0.05) is 55.2 Å². The summed E-state index contributed by atoms with van der Waals surface area (Å²) in [6, 6.07) is 13.2. The van der Waals surface area contributed by atoms with Crippen molar-refractivity contribution in [2.45, 2.75) is 19.9 Å². The van der Waals surface area contributed by atoms with E-state index in [1.807, 2.05) is 49.4 Å². The molecule has 3 heterocycles. The number of para-hydroxylation sites is 1. The Hall–Kier alpha value is -2.84. The molecule has 30 heavy (non-hydrogen) atoms. The first kappa shape index (κ1) is 19.1. The lowest BCUT2D eigenvalue weighted by Gasteiger charge is -2.15. The highest BCUT2D eigenvalue weighted by Crippen LogP contribution is 2.45. The molecule has 0 N–H and O–H groups in total. The molecule has 0 aliphatic carbocycles. The summed E-state index contributed by atoms with van der Waals surface area (Å²) in [6.45, 7) is 3.14. The maximum Gasteiger partial charge on any atom is 0.267 e. The number of thioether (sulfide) groups is 1. The van der Waals surface area contributed by atoms with Crippen molar-refractivity contribution in [1.82, 2.24) is 4.90 Å². The number of carbonyl (C=O) groups excluding carboxylic acids is 2. The molecule has 2 aromatic rings. The fourth-order valence-corrected chi connectivity index (χ4v) is 5.18. The number of hydrogen-bond donors (Lipinski definition) is 0. The minimum absolute atomic E-state index is 0.137. The Morgan fingerprint density at radius 2 is 1.83 bits per heavy atom. The third-order valence-electron chi connectivity index (χ3n) is 5.22. The van der Waals surface area contributed by atoms with E-state index < -0.39 is 0 Å². The molecule has 2 aromatic carbocycles. The average molecular weight is 439 g/mol. The molecule has 8 heteroatoms. The standard InChI is InChI=1S/C22H18N2O4S2/c1-2-9-23-15-6-4-3-5-14(15)18(20(23)25)19-21(26)24(22(29)30-19)11-13-7-8-16-17(10-13)28-12-27-16/h3-8,10H,2,9,11-12H2,1H3. The monoisotopic (exact) mass is 438 g/mol. The highest BCUT2D eigenvalue weighted by molar-refractivity contribution is 8.26. The topological polar surface area (TPSA) is 59.1 Å². The van der Waals surface area contributed by atoms with Crippen LogP contribution in [0.1, 0.15) is 24.5 Å². The van der Waals surface area contributed by atoms with Crippen LogP contribution in [0, 0.1) is 0 Å². The molecule has 0 bridgehead atoms. The Balaban J connectivity index is 1.49. The molecule has 3 aliphatic rings. The lowest BCUT2D eigenvalue weighted by Crippen LogP contribution is -2.29. The maximum absolute atomic E-state index is 13.3. The van der Waals surface area contributed by atoms with Gasteiger partial charge in [0.05, 0.1) is 22.7 Å². The summed E-state index contributed by atoms with van der Waals surface area (Å²) < 4.78 is 11.2. The van der Waals surface area contributed by atoms with Crippen LogP contribution < -0.4 is 14.4 Å². The number of ether oxygens (including phenoxy) is 2. The van der Waals surface area contributed by atoms with Crippen molar-refractivity contribution in [3.8, 4) is 11.5 Å². The second kappa shape index (κ2) is 7.45. The molecule has 6 nitrogen and oxygen atoms in total. The summed E-state index contributed by atoms with van der Waals surface area (Å²) in [6.07, 6.45) is 0.832. The zero-order valence-electron chi connectivity index (χ0n) is 16.2. The molecule has 0 radical (unpaired) electrons. The van der Waals surface area contributed by atoms with E-state index in [4.69, 9.17) is 21.7 Å². The van der Waals surface area contributed by atoms with Crippen molar-refractivity contribution in [3.63, 3.8) is 0 Å². The zero-order chi connectivity index (χ0) is 20.8. The van der Waals surface area contributed by atoms with E-state index >= 15 is 0 Å². The van der Waals surface area contributed by atoms with Gasteiger partial charge in [0, 0.05) is 12.1 Å². The highest BCUT2D eigenvalue weighted by atomic mass is 32.2. The molecule has 0 unspecified atom stereocenters. The van der Waals surface area contributed by atoms with E-state index in [-0.39, 0.29) is 18.6 Å². The van der Waals surface area contributed by atoms with E-state index in [0.29, 0.717) is 39.4 Å². The number of nitrogens with zero attached hydrogens (tertiary/aromatic N) is 2. The molecule has 0 spiro atoms. The Labute approximate surface area is 183 Å². The van der Waals surface area contributed by atoms with Crippen molar-refractivity contribution < 1.29 is 19.1 Å².